The van der Waals surface area contributed by atoms with Crippen molar-refractivity contribution >= 4 is 23.5 Å². The van der Waals surface area contributed by atoms with Gasteiger partial charge in [0.25, 0.3) is 5.91 Å². The van der Waals surface area contributed by atoms with Gasteiger partial charge in [0, 0.05) is 18.8 Å². The van der Waals surface area contributed by atoms with Gasteiger partial charge in [0.1, 0.15) is 5.82 Å². The highest BCUT2D eigenvalue weighted by Gasteiger charge is 2.38. The van der Waals surface area contributed by atoms with Gasteiger partial charge in [-0.05, 0) is 49.7 Å². The number of carbonyl (C=O) groups excluding carboxylic acids is 3. The average Bonchev–Trinajstić information content (AvgIpc) is 2.68. The van der Waals surface area contributed by atoms with Crippen molar-refractivity contribution in [3.63, 3.8) is 0 Å². The molecule has 7 heteroatoms. The Morgan fingerprint density at radius 2 is 1.89 bits per heavy atom. The number of anilines is 1. The lowest BCUT2D eigenvalue weighted by Crippen LogP contribution is -2.53. The number of nitrogens with one attached hydrogen (secondary N) is 1. The summed E-state index contributed by atoms with van der Waals surface area (Å²) in [4.78, 5) is 42.8. The maximum atomic E-state index is 13.0. The van der Waals surface area contributed by atoms with Gasteiger partial charge in [0.15, 0.2) is 0 Å². The first kappa shape index (κ1) is 19.3. The van der Waals surface area contributed by atoms with Crippen molar-refractivity contribution < 1.29 is 14.4 Å². The van der Waals surface area contributed by atoms with Crippen LogP contribution in [0.3, 0.4) is 0 Å². The first-order valence-electron chi connectivity index (χ1n) is 9.84. The van der Waals surface area contributed by atoms with E-state index in [9.17, 15) is 14.4 Å². The number of hydrogen-bond acceptors (Lipinski definition) is 4. The summed E-state index contributed by atoms with van der Waals surface area (Å²) in [6, 6.07) is 3.16. The molecule has 0 spiro atoms. The van der Waals surface area contributed by atoms with E-state index in [0.717, 1.165) is 25.7 Å². The fraction of sp³-hybridized carbons (Fsp3) is 0.600. The summed E-state index contributed by atoms with van der Waals surface area (Å²) in [5.41, 5.74) is 5.41. The van der Waals surface area contributed by atoms with Crippen molar-refractivity contribution in [2.24, 2.45) is 17.6 Å². The van der Waals surface area contributed by atoms with E-state index in [2.05, 4.69) is 17.2 Å². The molecule has 1 aliphatic heterocycles. The molecule has 0 bridgehead atoms. The molecule has 3 rings (SSSR count). The highest BCUT2D eigenvalue weighted by Crippen LogP contribution is 2.35. The van der Waals surface area contributed by atoms with Crippen molar-refractivity contribution in [3.8, 4) is 0 Å². The van der Waals surface area contributed by atoms with Gasteiger partial charge in [-0.15, -0.1) is 0 Å². The predicted octanol–water partition coefficient (Wildman–Crippen LogP) is 2.33. The molecule has 2 fully saturated rings. The van der Waals surface area contributed by atoms with Crippen LogP contribution in [-0.2, 0) is 9.59 Å². The molecule has 3 amide bonds. The molecule has 0 aromatic carbocycles. The number of amides is 3. The first-order valence-corrected chi connectivity index (χ1v) is 9.84. The Labute approximate surface area is 159 Å². The van der Waals surface area contributed by atoms with Gasteiger partial charge in [-0.3, -0.25) is 14.4 Å². The quantitative estimate of drug-likeness (QED) is 0.794. The van der Waals surface area contributed by atoms with Crippen molar-refractivity contribution in [2.75, 3.05) is 11.9 Å². The lowest BCUT2D eigenvalue weighted by Gasteiger charge is -2.43. The molecular weight excluding hydrogens is 344 g/mol. The Kier molecular flexibility index (Phi) is 6.08. The van der Waals surface area contributed by atoms with Crippen LogP contribution in [0.2, 0.25) is 0 Å². The molecule has 2 atom stereocenters. The maximum absolute atomic E-state index is 13.0. The van der Waals surface area contributed by atoms with Crippen LogP contribution in [0.4, 0.5) is 5.82 Å². The number of piperidine rings is 1. The fourth-order valence-electron chi connectivity index (χ4n) is 4.41. The van der Waals surface area contributed by atoms with Crippen LogP contribution < -0.4 is 11.1 Å². The molecule has 1 aromatic heterocycles. The van der Waals surface area contributed by atoms with E-state index in [4.69, 9.17) is 5.73 Å². The summed E-state index contributed by atoms with van der Waals surface area (Å²) in [5.74, 6) is -1.12. The minimum absolute atomic E-state index is 0.0302. The summed E-state index contributed by atoms with van der Waals surface area (Å²) in [5, 5.41) is 2.49. The minimum Gasteiger partial charge on any atom is -0.365 e. The predicted molar refractivity (Wildman–Crippen MR) is 102 cm³/mol. The Balaban J connectivity index is 1.75. The number of nitrogens with two attached hydrogens (primary N) is 1. The van der Waals surface area contributed by atoms with Crippen LogP contribution in [-0.4, -0.2) is 40.2 Å². The summed E-state index contributed by atoms with van der Waals surface area (Å²) in [6.07, 6.45) is 9.36. The van der Waals surface area contributed by atoms with Crippen LogP contribution in [0.1, 0.15) is 62.2 Å². The van der Waals surface area contributed by atoms with E-state index in [-0.39, 0.29) is 17.4 Å². The molecule has 0 unspecified atom stereocenters. The van der Waals surface area contributed by atoms with Gasteiger partial charge >= 0.3 is 11.8 Å². The molecule has 7 nitrogen and oxygen atoms in total. The maximum Gasteiger partial charge on any atom is 0.315 e. The molecule has 27 heavy (non-hydrogen) atoms. The Morgan fingerprint density at radius 3 is 2.59 bits per heavy atom. The standard InChI is InChI=1S/C20H28N4O3/c1-13-9-10-16(14-6-3-2-4-7-14)24(12-13)20(27)19(26)23-18-15(17(21)25)8-5-11-22-18/h5,8,11,13-14,16H,2-4,6-7,9-10,12H2,1H3,(H2,21,25)(H,22,23,26)/t13-,16+/m1/s1. The van der Waals surface area contributed by atoms with Gasteiger partial charge in [-0.1, -0.05) is 26.2 Å². The first-order chi connectivity index (χ1) is 13.0. The van der Waals surface area contributed by atoms with E-state index < -0.39 is 17.7 Å². The minimum atomic E-state index is -0.758. The molecule has 146 valence electrons. The zero-order chi connectivity index (χ0) is 19.4. The van der Waals surface area contributed by atoms with Gasteiger partial charge in [0.05, 0.1) is 5.56 Å². The normalized spacial score (nSPS) is 23.7. The zero-order valence-corrected chi connectivity index (χ0v) is 15.8. The van der Waals surface area contributed by atoms with Gasteiger partial charge in [0.2, 0.25) is 0 Å². The molecule has 2 aliphatic rings. The Morgan fingerprint density at radius 1 is 1.15 bits per heavy atom. The van der Waals surface area contributed by atoms with E-state index in [1.807, 2.05) is 0 Å². The number of rotatable bonds is 3. The molecule has 1 aromatic rings. The lowest BCUT2D eigenvalue weighted by atomic mass is 9.78. The van der Waals surface area contributed by atoms with Crippen LogP contribution in [0.5, 0.6) is 0 Å². The second-order valence-corrected chi connectivity index (χ2v) is 7.82. The Hall–Kier alpha value is -2.44. The third-order valence-electron chi connectivity index (χ3n) is 5.82. The summed E-state index contributed by atoms with van der Waals surface area (Å²) in [6.45, 7) is 2.71. The lowest BCUT2D eigenvalue weighted by molar-refractivity contribution is -0.147. The molecule has 3 N–H and O–H groups in total. The summed E-state index contributed by atoms with van der Waals surface area (Å²) in [7, 11) is 0. The van der Waals surface area contributed by atoms with Crippen LogP contribution in [0.15, 0.2) is 18.3 Å². The number of primary amides is 1. The van der Waals surface area contributed by atoms with E-state index in [1.165, 1.54) is 31.5 Å². The van der Waals surface area contributed by atoms with Crippen molar-refractivity contribution in [2.45, 2.75) is 57.9 Å². The zero-order valence-electron chi connectivity index (χ0n) is 15.8. The van der Waals surface area contributed by atoms with Crippen molar-refractivity contribution in [1.82, 2.24) is 9.88 Å². The topological polar surface area (TPSA) is 105 Å². The molecule has 2 heterocycles. The number of nitrogens with zero attached hydrogens (tertiary/aromatic N) is 2. The number of aromatic nitrogens is 1. The molecule has 1 saturated heterocycles. The highest BCUT2D eigenvalue weighted by molar-refractivity contribution is 6.39. The van der Waals surface area contributed by atoms with Gasteiger partial charge in [-0.25, -0.2) is 4.98 Å². The van der Waals surface area contributed by atoms with Crippen molar-refractivity contribution in [1.29, 1.82) is 0 Å². The molecule has 0 radical (unpaired) electrons. The molecular formula is C20H28N4O3. The molecule has 1 saturated carbocycles. The van der Waals surface area contributed by atoms with E-state index in [1.54, 1.807) is 11.0 Å². The summed E-state index contributed by atoms with van der Waals surface area (Å²) < 4.78 is 0. The fourth-order valence-corrected chi connectivity index (χ4v) is 4.41. The SMILES string of the molecule is C[C@@H]1CC[C@@H](C2CCCCC2)N(C(=O)C(=O)Nc2ncccc2C(N)=O)C1. The van der Waals surface area contributed by atoms with Gasteiger partial charge < -0.3 is 16.0 Å². The second kappa shape index (κ2) is 8.50. The third-order valence-corrected chi connectivity index (χ3v) is 5.82. The Bertz CT molecular complexity index is 715. The smallest absolute Gasteiger partial charge is 0.315 e. The highest BCUT2D eigenvalue weighted by atomic mass is 16.2. The van der Waals surface area contributed by atoms with E-state index in [0.29, 0.717) is 18.4 Å². The third kappa shape index (κ3) is 4.46. The van der Waals surface area contributed by atoms with Crippen LogP contribution in [0, 0.1) is 11.8 Å². The monoisotopic (exact) mass is 372 g/mol. The number of hydrogen-bond donors (Lipinski definition) is 2. The number of likely N-dealkylation sites (tertiary alicyclic amines) is 1. The average molecular weight is 372 g/mol. The molecule has 1 aliphatic carbocycles. The largest absolute Gasteiger partial charge is 0.365 e. The number of carbonyl (C=O) groups is 3. The summed E-state index contributed by atoms with van der Waals surface area (Å²) >= 11 is 0. The van der Waals surface area contributed by atoms with Gasteiger partial charge in [-0.2, -0.15) is 0 Å². The second-order valence-electron chi connectivity index (χ2n) is 7.82. The van der Waals surface area contributed by atoms with Crippen molar-refractivity contribution in [3.05, 3.63) is 23.9 Å². The van der Waals surface area contributed by atoms with Crippen LogP contribution in [0.25, 0.3) is 0 Å². The van der Waals surface area contributed by atoms with E-state index >= 15 is 0 Å². The van der Waals surface area contributed by atoms with Crippen LogP contribution >= 0.6 is 0 Å². The number of pyridine rings is 1.